The van der Waals surface area contributed by atoms with Crippen LogP contribution in [0.4, 0.5) is 10.5 Å². The minimum Gasteiger partial charge on any atom is -0.465 e. The number of amides is 1. The third kappa shape index (κ3) is 2.52. The van der Waals surface area contributed by atoms with E-state index in [9.17, 15) is 9.59 Å². The summed E-state index contributed by atoms with van der Waals surface area (Å²) in [6.45, 7) is 0. The van der Waals surface area contributed by atoms with Gasteiger partial charge in [0.25, 0.3) is 0 Å². The van der Waals surface area contributed by atoms with Crippen LogP contribution in [-0.2, 0) is 0 Å². The number of rotatable bonds is 3. The molecule has 2 rings (SSSR count). The first kappa shape index (κ1) is 10.9. The van der Waals surface area contributed by atoms with Crippen molar-refractivity contribution in [3.63, 3.8) is 0 Å². The van der Waals surface area contributed by atoms with Gasteiger partial charge in [0.1, 0.15) is 5.76 Å². The number of carboxylic acid groups (broad SMARTS) is 1. The second kappa shape index (κ2) is 4.52. The van der Waals surface area contributed by atoms with Gasteiger partial charge in [0.05, 0.1) is 0 Å². The molecule has 1 amide bonds. The smallest absolute Gasteiger partial charge is 0.409 e. The zero-order valence-electron chi connectivity index (χ0n) is 8.71. The summed E-state index contributed by atoms with van der Waals surface area (Å²) in [5, 5.41) is 10.7. The van der Waals surface area contributed by atoms with Crippen molar-refractivity contribution in [2.45, 2.75) is 0 Å². The summed E-state index contributed by atoms with van der Waals surface area (Å²) >= 11 is 0. The van der Waals surface area contributed by atoms with Crippen molar-refractivity contribution < 1.29 is 19.1 Å². The Bertz CT molecular complexity index is 542. The molecular weight excluding hydrogens is 222 g/mol. The van der Waals surface area contributed by atoms with E-state index in [0.29, 0.717) is 17.7 Å². The van der Waals surface area contributed by atoms with E-state index in [1.54, 1.807) is 36.4 Å². The van der Waals surface area contributed by atoms with Crippen molar-refractivity contribution in [1.82, 2.24) is 0 Å². The van der Waals surface area contributed by atoms with Crippen molar-refractivity contribution in [1.29, 1.82) is 0 Å². The minimum atomic E-state index is -1.11. The monoisotopic (exact) mass is 231 g/mol. The number of furan rings is 1. The Morgan fingerprint density at radius 3 is 2.41 bits per heavy atom. The maximum Gasteiger partial charge on any atom is 0.409 e. The Morgan fingerprint density at radius 1 is 1.18 bits per heavy atom. The highest BCUT2D eigenvalue weighted by Crippen LogP contribution is 2.23. The lowest BCUT2D eigenvalue weighted by atomic mass is 10.1. The van der Waals surface area contributed by atoms with Gasteiger partial charge in [-0.25, -0.2) is 4.79 Å². The zero-order chi connectivity index (χ0) is 12.3. The van der Waals surface area contributed by atoms with Crippen LogP contribution in [0.1, 0.15) is 10.6 Å². The number of carbonyl (C=O) groups excluding carboxylic acids is 1. The molecule has 5 nitrogen and oxygen atoms in total. The molecule has 0 saturated carbocycles. The molecule has 0 aliphatic heterocycles. The molecule has 17 heavy (non-hydrogen) atoms. The number of carbonyl (C=O) groups is 2. The molecule has 1 aromatic carbocycles. The van der Waals surface area contributed by atoms with Crippen molar-refractivity contribution in [2.24, 2.45) is 0 Å². The molecule has 0 spiro atoms. The van der Waals surface area contributed by atoms with Crippen LogP contribution in [0.25, 0.3) is 11.3 Å². The first-order chi connectivity index (χ1) is 8.19. The van der Waals surface area contributed by atoms with Gasteiger partial charge < -0.3 is 9.52 Å². The van der Waals surface area contributed by atoms with E-state index in [2.05, 4.69) is 5.32 Å². The Kier molecular flexibility index (Phi) is 2.91. The highest BCUT2D eigenvalue weighted by molar-refractivity contribution is 5.83. The normalized spacial score (nSPS) is 9.88. The average Bonchev–Trinajstić information content (AvgIpc) is 2.78. The first-order valence-electron chi connectivity index (χ1n) is 4.84. The minimum absolute atomic E-state index is 0.257. The Morgan fingerprint density at radius 2 is 1.88 bits per heavy atom. The van der Waals surface area contributed by atoms with Gasteiger partial charge in [-0.3, -0.25) is 10.1 Å². The largest absolute Gasteiger partial charge is 0.465 e. The summed E-state index contributed by atoms with van der Waals surface area (Å²) in [5.41, 5.74) is 1.25. The molecule has 0 atom stereocenters. The molecule has 86 valence electrons. The van der Waals surface area contributed by atoms with Gasteiger partial charge in [0, 0.05) is 11.3 Å². The topological polar surface area (TPSA) is 79.5 Å². The molecule has 5 heteroatoms. The summed E-state index contributed by atoms with van der Waals surface area (Å²) in [4.78, 5) is 20.9. The molecule has 1 heterocycles. The fourth-order valence-electron chi connectivity index (χ4n) is 1.41. The third-order valence-electron chi connectivity index (χ3n) is 2.16. The van der Waals surface area contributed by atoms with Crippen LogP contribution >= 0.6 is 0 Å². The van der Waals surface area contributed by atoms with Crippen molar-refractivity contribution >= 4 is 18.1 Å². The molecule has 0 saturated heterocycles. The molecule has 2 aromatic rings. The van der Waals surface area contributed by atoms with E-state index in [4.69, 9.17) is 9.52 Å². The van der Waals surface area contributed by atoms with Gasteiger partial charge >= 0.3 is 6.09 Å². The SMILES string of the molecule is O=Cc1ccc(-c2ccc(NC(=O)O)cc2)o1. The van der Waals surface area contributed by atoms with E-state index in [1.807, 2.05) is 0 Å². The quantitative estimate of drug-likeness (QED) is 0.796. The first-order valence-corrected chi connectivity index (χ1v) is 4.84. The Labute approximate surface area is 96.7 Å². The summed E-state index contributed by atoms with van der Waals surface area (Å²) < 4.78 is 5.24. The number of hydrogen-bond donors (Lipinski definition) is 2. The Hall–Kier alpha value is -2.56. The van der Waals surface area contributed by atoms with Gasteiger partial charge in [-0.1, -0.05) is 0 Å². The van der Waals surface area contributed by atoms with Crippen LogP contribution in [0.2, 0.25) is 0 Å². The molecule has 0 radical (unpaired) electrons. The second-order valence-electron chi connectivity index (χ2n) is 3.33. The summed E-state index contributed by atoms with van der Waals surface area (Å²) in [6, 6.07) is 9.91. The fraction of sp³-hybridized carbons (Fsp3) is 0. The number of hydrogen-bond acceptors (Lipinski definition) is 3. The highest BCUT2D eigenvalue weighted by atomic mass is 16.4. The van der Waals surface area contributed by atoms with E-state index in [1.165, 1.54) is 0 Å². The fourth-order valence-corrected chi connectivity index (χ4v) is 1.41. The van der Waals surface area contributed by atoms with Crippen LogP contribution in [-0.4, -0.2) is 17.5 Å². The number of aldehydes is 1. The third-order valence-corrected chi connectivity index (χ3v) is 2.16. The lowest BCUT2D eigenvalue weighted by molar-refractivity contribution is 0.110. The van der Waals surface area contributed by atoms with Crippen molar-refractivity contribution in [2.75, 3.05) is 5.32 Å². The van der Waals surface area contributed by atoms with Gasteiger partial charge in [-0.15, -0.1) is 0 Å². The van der Waals surface area contributed by atoms with Crippen LogP contribution in [0.15, 0.2) is 40.8 Å². The molecule has 0 aliphatic rings. The van der Waals surface area contributed by atoms with Crippen molar-refractivity contribution in [3.8, 4) is 11.3 Å². The predicted octanol–water partition coefficient (Wildman–Crippen LogP) is 2.85. The second-order valence-corrected chi connectivity index (χ2v) is 3.33. The summed E-state index contributed by atoms with van der Waals surface area (Å²) in [7, 11) is 0. The molecule has 1 aromatic heterocycles. The van der Waals surface area contributed by atoms with E-state index < -0.39 is 6.09 Å². The van der Waals surface area contributed by atoms with E-state index in [0.717, 1.165) is 5.56 Å². The predicted molar refractivity (Wildman–Crippen MR) is 61.2 cm³/mol. The van der Waals surface area contributed by atoms with Gasteiger partial charge in [-0.05, 0) is 36.4 Å². The van der Waals surface area contributed by atoms with Crippen LogP contribution in [0, 0.1) is 0 Å². The lowest BCUT2D eigenvalue weighted by Crippen LogP contribution is -2.06. The van der Waals surface area contributed by atoms with Gasteiger partial charge in [0.15, 0.2) is 12.0 Å². The lowest BCUT2D eigenvalue weighted by Gasteiger charge is -2.01. The van der Waals surface area contributed by atoms with Crippen LogP contribution in [0.3, 0.4) is 0 Å². The van der Waals surface area contributed by atoms with Crippen LogP contribution in [0.5, 0.6) is 0 Å². The van der Waals surface area contributed by atoms with Crippen molar-refractivity contribution in [3.05, 3.63) is 42.2 Å². The molecule has 2 N–H and O–H groups in total. The maximum absolute atomic E-state index is 10.5. The van der Waals surface area contributed by atoms with Gasteiger partial charge in [-0.2, -0.15) is 0 Å². The molecule has 0 bridgehead atoms. The molecule has 0 aliphatic carbocycles. The number of nitrogens with one attached hydrogen (secondary N) is 1. The van der Waals surface area contributed by atoms with E-state index >= 15 is 0 Å². The summed E-state index contributed by atoms with van der Waals surface area (Å²) in [6.07, 6.45) is -0.483. The molecule has 0 unspecified atom stereocenters. The summed E-state index contributed by atoms with van der Waals surface area (Å²) in [5.74, 6) is 0.821. The molecular formula is C12H9NO4. The zero-order valence-corrected chi connectivity index (χ0v) is 8.71. The maximum atomic E-state index is 10.5. The molecule has 0 fully saturated rings. The number of anilines is 1. The van der Waals surface area contributed by atoms with Crippen LogP contribution < -0.4 is 5.32 Å². The number of benzene rings is 1. The highest BCUT2D eigenvalue weighted by Gasteiger charge is 2.04. The van der Waals surface area contributed by atoms with E-state index in [-0.39, 0.29) is 5.76 Å². The average molecular weight is 231 g/mol. The van der Waals surface area contributed by atoms with Gasteiger partial charge in [0.2, 0.25) is 0 Å². The Balaban J connectivity index is 2.22. The standard InChI is InChI=1S/C12H9NO4/c14-7-10-5-6-11(17-10)8-1-3-9(4-2-8)13-12(15)16/h1-7,13H,(H,15,16).